The second kappa shape index (κ2) is 10.1. The first kappa shape index (κ1) is 23.6. The van der Waals surface area contributed by atoms with Crippen molar-refractivity contribution < 1.29 is 19.1 Å². The number of ether oxygens (including phenoxy) is 1. The Hall–Kier alpha value is -4.59. The van der Waals surface area contributed by atoms with Crippen LogP contribution in [0.3, 0.4) is 0 Å². The summed E-state index contributed by atoms with van der Waals surface area (Å²) >= 11 is 0. The van der Waals surface area contributed by atoms with Crippen molar-refractivity contribution in [3.8, 4) is 0 Å². The predicted molar refractivity (Wildman–Crippen MR) is 137 cm³/mol. The topological polar surface area (TPSA) is 99.8 Å². The SMILES string of the molecule is CCOC(=O)c1ccc2c(c1)NC(=O)/C2=C(\Nc1ccc(N(C)C(=O)NC)cc1)c1ccccc1. The fourth-order valence-electron chi connectivity index (χ4n) is 3.84. The molecule has 3 aromatic rings. The first-order valence-corrected chi connectivity index (χ1v) is 11.2. The number of carbonyl (C=O) groups is 3. The maximum atomic E-state index is 13.1. The van der Waals surface area contributed by atoms with Crippen LogP contribution in [0.25, 0.3) is 11.3 Å². The molecule has 3 amide bonds. The number of benzene rings is 3. The molecule has 0 radical (unpaired) electrons. The minimum Gasteiger partial charge on any atom is -0.462 e. The first-order chi connectivity index (χ1) is 16.9. The van der Waals surface area contributed by atoms with Crippen molar-refractivity contribution in [3.63, 3.8) is 0 Å². The van der Waals surface area contributed by atoms with Crippen molar-refractivity contribution in [2.75, 3.05) is 36.2 Å². The van der Waals surface area contributed by atoms with Gasteiger partial charge in [-0.3, -0.25) is 9.69 Å². The summed E-state index contributed by atoms with van der Waals surface area (Å²) < 4.78 is 5.08. The van der Waals surface area contributed by atoms with Crippen LogP contribution in [0.5, 0.6) is 0 Å². The van der Waals surface area contributed by atoms with Gasteiger partial charge in [0.15, 0.2) is 0 Å². The number of amides is 3. The van der Waals surface area contributed by atoms with Crippen LogP contribution in [0.15, 0.2) is 72.8 Å². The fraction of sp³-hybridized carbons (Fsp3) is 0.148. The number of anilines is 3. The quantitative estimate of drug-likeness (QED) is 0.362. The van der Waals surface area contributed by atoms with Gasteiger partial charge >= 0.3 is 12.0 Å². The monoisotopic (exact) mass is 470 g/mol. The summed E-state index contributed by atoms with van der Waals surface area (Å²) in [4.78, 5) is 38.7. The minimum absolute atomic E-state index is 0.223. The van der Waals surface area contributed by atoms with Gasteiger partial charge in [0.2, 0.25) is 0 Å². The highest BCUT2D eigenvalue weighted by atomic mass is 16.5. The molecule has 0 aliphatic carbocycles. The first-order valence-electron chi connectivity index (χ1n) is 11.2. The lowest BCUT2D eigenvalue weighted by Crippen LogP contribution is -2.34. The second-order valence-corrected chi connectivity index (χ2v) is 7.84. The molecular weight excluding hydrogens is 444 g/mol. The molecule has 1 aliphatic rings. The molecular formula is C27H26N4O4. The molecule has 0 saturated carbocycles. The van der Waals surface area contributed by atoms with Crippen molar-refractivity contribution in [2.45, 2.75) is 6.92 Å². The molecule has 0 saturated heterocycles. The Bertz CT molecular complexity index is 1300. The van der Waals surface area contributed by atoms with Crippen LogP contribution in [0.1, 0.15) is 28.4 Å². The molecule has 178 valence electrons. The molecule has 0 unspecified atom stereocenters. The fourth-order valence-corrected chi connectivity index (χ4v) is 3.84. The highest BCUT2D eigenvalue weighted by Crippen LogP contribution is 2.38. The maximum absolute atomic E-state index is 13.1. The van der Waals surface area contributed by atoms with Gasteiger partial charge in [-0.15, -0.1) is 0 Å². The van der Waals surface area contributed by atoms with E-state index < -0.39 is 5.97 Å². The number of rotatable bonds is 6. The third-order valence-electron chi connectivity index (χ3n) is 5.63. The van der Waals surface area contributed by atoms with Crippen molar-refractivity contribution in [1.29, 1.82) is 0 Å². The van der Waals surface area contributed by atoms with E-state index in [0.717, 1.165) is 16.9 Å². The van der Waals surface area contributed by atoms with E-state index in [2.05, 4.69) is 16.0 Å². The largest absolute Gasteiger partial charge is 0.462 e. The third-order valence-corrected chi connectivity index (χ3v) is 5.63. The van der Waals surface area contributed by atoms with E-state index in [9.17, 15) is 14.4 Å². The lowest BCUT2D eigenvalue weighted by Gasteiger charge is -2.18. The summed E-state index contributed by atoms with van der Waals surface area (Å²) in [5.74, 6) is -0.714. The average Bonchev–Trinajstić information content (AvgIpc) is 3.22. The van der Waals surface area contributed by atoms with Crippen LogP contribution in [-0.4, -0.2) is 38.6 Å². The Labute approximate surface area is 203 Å². The van der Waals surface area contributed by atoms with Crippen molar-refractivity contribution in [1.82, 2.24) is 5.32 Å². The molecule has 0 aromatic heterocycles. The molecule has 1 aliphatic heterocycles. The Balaban J connectivity index is 1.75. The van der Waals surface area contributed by atoms with Crippen LogP contribution in [-0.2, 0) is 9.53 Å². The number of nitrogens with zero attached hydrogens (tertiary/aromatic N) is 1. The average molecular weight is 471 g/mol. The summed E-state index contributed by atoms with van der Waals surface area (Å²) in [5.41, 5.74) is 4.99. The lowest BCUT2D eigenvalue weighted by atomic mass is 9.99. The molecule has 8 nitrogen and oxygen atoms in total. The van der Waals surface area contributed by atoms with E-state index in [1.807, 2.05) is 54.6 Å². The Kier molecular flexibility index (Phi) is 6.82. The summed E-state index contributed by atoms with van der Waals surface area (Å²) in [6.45, 7) is 2.02. The summed E-state index contributed by atoms with van der Waals surface area (Å²) in [7, 11) is 3.26. The molecule has 1 heterocycles. The molecule has 0 bridgehead atoms. The van der Waals surface area contributed by atoms with E-state index >= 15 is 0 Å². The summed E-state index contributed by atoms with van der Waals surface area (Å²) in [6, 6.07) is 21.7. The van der Waals surface area contributed by atoms with Gasteiger partial charge in [-0.1, -0.05) is 36.4 Å². The highest BCUT2D eigenvalue weighted by Gasteiger charge is 2.29. The zero-order valence-electron chi connectivity index (χ0n) is 19.7. The van der Waals surface area contributed by atoms with E-state index in [1.54, 1.807) is 39.2 Å². The molecule has 8 heteroatoms. The van der Waals surface area contributed by atoms with Crippen LogP contribution in [0, 0.1) is 0 Å². The summed E-state index contributed by atoms with van der Waals surface area (Å²) in [6.07, 6.45) is 0. The molecule has 0 spiro atoms. The normalized spacial score (nSPS) is 13.4. The van der Waals surface area contributed by atoms with E-state index in [1.165, 1.54) is 4.90 Å². The van der Waals surface area contributed by atoms with Crippen molar-refractivity contribution in [3.05, 3.63) is 89.5 Å². The number of nitrogens with one attached hydrogen (secondary N) is 3. The zero-order valence-corrected chi connectivity index (χ0v) is 19.7. The van der Waals surface area contributed by atoms with Gasteiger partial charge in [0.1, 0.15) is 0 Å². The van der Waals surface area contributed by atoms with Crippen LogP contribution >= 0.6 is 0 Å². The second-order valence-electron chi connectivity index (χ2n) is 7.84. The molecule has 0 fully saturated rings. The number of urea groups is 1. The van der Waals surface area contributed by atoms with E-state index in [4.69, 9.17) is 4.74 Å². The van der Waals surface area contributed by atoms with E-state index in [0.29, 0.717) is 28.1 Å². The van der Waals surface area contributed by atoms with Crippen molar-refractivity contribution in [2.24, 2.45) is 0 Å². The lowest BCUT2D eigenvalue weighted by molar-refractivity contribution is -0.110. The van der Waals surface area contributed by atoms with Crippen LogP contribution in [0.4, 0.5) is 21.9 Å². The van der Waals surface area contributed by atoms with Gasteiger partial charge in [-0.05, 0) is 48.9 Å². The van der Waals surface area contributed by atoms with Gasteiger partial charge in [0.25, 0.3) is 5.91 Å². The number of esters is 1. The minimum atomic E-state index is -0.440. The Morgan fingerprint density at radius 2 is 1.69 bits per heavy atom. The predicted octanol–water partition coefficient (Wildman–Crippen LogP) is 4.57. The maximum Gasteiger partial charge on any atom is 0.338 e. The molecule has 4 rings (SSSR count). The Morgan fingerprint density at radius 3 is 2.34 bits per heavy atom. The zero-order chi connectivity index (χ0) is 24.9. The van der Waals surface area contributed by atoms with Gasteiger partial charge in [0, 0.05) is 31.0 Å². The molecule has 0 atom stereocenters. The van der Waals surface area contributed by atoms with Gasteiger partial charge in [-0.25, -0.2) is 9.59 Å². The van der Waals surface area contributed by atoms with Crippen molar-refractivity contribution >= 4 is 46.2 Å². The standard InChI is InChI=1S/C27H26N4O4/c1-4-35-26(33)18-10-15-21-22(16-18)30-25(32)23(21)24(17-8-6-5-7-9-17)29-19-11-13-20(14-12-19)31(3)27(34)28-2/h5-16,29H,4H2,1-3H3,(H,28,34)(H,30,32)/b24-23-. The third kappa shape index (κ3) is 4.86. The summed E-state index contributed by atoms with van der Waals surface area (Å²) in [5, 5.41) is 8.84. The number of fused-ring (bicyclic) bond motifs is 1. The number of hydrogen-bond donors (Lipinski definition) is 3. The van der Waals surface area contributed by atoms with Gasteiger partial charge in [0.05, 0.1) is 29.1 Å². The highest BCUT2D eigenvalue weighted by molar-refractivity contribution is 6.37. The van der Waals surface area contributed by atoms with E-state index in [-0.39, 0.29) is 18.5 Å². The number of hydrogen-bond acceptors (Lipinski definition) is 5. The van der Waals surface area contributed by atoms with Crippen LogP contribution in [0.2, 0.25) is 0 Å². The molecule has 3 N–H and O–H groups in total. The van der Waals surface area contributed by atoms with Crippen LogP contribution < -0.4 is 20.9 Å². The van der Waals surface area contributed by atoms with Gasteiger partial charge < -0.3 is 20.7 Å². The molecule has 35 heavy (non-hydrogen) atoms. The number of carbonyl (C=O) groups excluding carboxylic acids is 3. The Morgan fingerprint density at radius 1 is 0.971 bits per heavy atom. The molecule has 3 aromatic carbocycles. The van der Waals surface area contributed by atoms with Gasteiger partial charge in [-0.2, -0.15) is 0 Å². The smallest absolute Gasteiger partial charge is 0.338 e.